The van der Waals surface area contributed by atoms with E-state index < -0.39 is 5.54 Å². The molecule has 0 radical (unpaired) electrons. The minimum Gasteiger partial charge on any atom is -0.496 e. The molecule has 236 valence electrons. The summed E-state index contributed by atoms with van der Waals surface area (Å²) < 4.78 is 32.1. The Hall–Kier alpha value is -4.70. The average Bonchev–Trinajstić information content (AvgIpc) is 3.49. The van der Waals surface area contributed by atoms with Crippen LogP contribution in [0, 0.1) is 5.82 Å². The standard InChI is InChI=1S/C35H39FN4O5/c1-35(2,3)40-32(23-6-10-26(36)11-7-23)30(21-37-40)33(41)38-27-12-15-31(43-4)25(20-27)22-39-18-16-29(17-19-39)45-28-13-8-24(9-14-28)34(42)44-5/h6-15,20-21,29H,16-19,22H2,1-5H3,(H,38,41). The number of hydrogen-bond donors (Lipinski definition) is 1. The molecule has 1 aliphatic rings. The molecule has 0 atom stereocenters. The molecule has 1 aromatic heterocycles. The third kappa shape index (κ3) is 7.51. The smallest absolute Gasteiger partial charge is 0.337 e. The van der Waals surface area contributed by atoms with E-state index in [0.717, 1.165) is 43.0 Å². The molecule has 5 rings (SSSR count). The molecule has 10 heteroatoms. The fraction of sp³-hybridized carbons (Fsp3) is 0.343. The second kappa shape index (κ2) is 13.5. The molecule has 0 bridgehead atoms. The van der Waals surface area contributed by atoms with Gasteiger partial charge in [-0.3, -0.25) is 14.4 Å². The van der Waals surface area contributed by atoms with Crippen LogP contribution in [0.25, 0.3) is 11.3 Å². The first-order valence-corrected chi connectivity index (χ1v) is 15.0. The van der Waals surface area contributed by atoms with E-state index in [-0.39, 0.29) is 23.8 Å². The summed E-state index contributed by atoms with van der Waals surface area (Å²) in [5, 5.41) is 7.56. The number of ether oxygens (including phenoxy) is 3. The largest absolute Gasteiger partial charge is 0.496 e. The summed E-state index contributed by atoms with van der Waals surface area (Å²) in [5.41, 5.74) is 3.41. The predicted octanol–water partition coefficient (Wildman–Crippen LogP) is 6.54. The fourth-order valence-electron chi connectivity index (χ4n) is 5.49. The van der Waals surface area contributed by atoms with Gasteiger partial charge in [-0.05, 0) is 100 Å². The molecule has 0 spiro atoms. The Bertz CT molecular complexity index is 1640. The minimum absolute atomic E-state index is 0.0714. The summed E-state index contributed by atoms with van der Waals surface area (Å²) in [7, 11) is 3.00. The van der Waals surface area contributed by atoms with Crippen molar-refractivity contribution in [1.29, 1.82) is 0 Å². The van der Waals surface area contributed by atoms with E-state index in [0.29, 0.717) is 34.6 Å². The maximum atomic E-state index is 13.7. The van der Waals surface area contributed by atoms with Crippen molar-refractivity contribution in [2.75, 3.05) is 32.6 Å². The first-order valence-electron chi connectivity index (χ1n) is 15.0. The van der Waals surface area contributed by atoms with E-state index in [9.17, 15) is 14.0 Å². The Morgan fingerprint density at radius 1 is 0.978 bits per heavy atom. The Morgan fingerprint density at radius 2 is 1.67 bits per heavy atom. The highest BCUT2D eigenvalue weighted by Gasteiger charge is 2.26. The first-order chi connectivity index (χ1) is 21.5. The number of amides is 1. The van der Waals surface area contributed by atoms with Crippen LogP contribution in [0.3, 0.4) is 0 Å². The molecule has 45 heavy (non-hydrogen) atoms. The molecule has 1 amide bonds. The molecular weight excluding hydrogens is 575 g/mol. The Labute approximate surface area is 262 Å². The summed E-state index contributed by atoms with van der Waals surface area (Å²) in [4.78, 5) is 27.6. The highest BCUT2D eigenvalue weighted by atomic mass is 19.1. The van der Waals surface area contributed by atoms with Crippen LogP contribution in [0.15, 0.2) is 72.9 Å². The van der Waals surface area contributed by atoms with Crippen molar-refractivity contribution >= 4 is 17.6 Å². The van der Waals surface area contributed by atoms with Gasteiger partial charge >= 0.3 is 5.97 Å². The molecule has 1 aliphatic heterocycles. The van der Waals surface area contributed by atoms with E-state index >= 15 is 0 Å². The van der Waals surface area contributed by atoms with Crippen LogP contribution in [0.1, 0.15) is 59.9 Å². The lowest BCUT2D eigenvalue weighted by Crippen LogP contribution is -2.37. The lowest BCUT2D eigenvalue weighted by molar-refractivity contribution is 0.0600. The van der Waals surface area contributed by atoms with E-state index in [1.165, 1.54) is 19.2 Å². The number of rotatable bonds is 9. The molecular formula is C35H39FN4O5. The number of nitrogens with one attached hydrogen (secondary N) is 1. The van der Waals surface area contributed by atoms with Crippen LogP contribution in [0.2, 0.25) is 0 Å². The van der Waals surface area contributed by atoms with Gasteiger partial charge in [0.25, 0.3) is 5.91 Å². The van der Waals surface area contributed by atoms with Crippen molar-refractivity contribution in [3.05, 3.63) is 95.4 Å². The van der Waals surface area contributed by atoms with Crippen molar-refractivity contribution in [3.8, 4) is 22.8 Å². The first kappa shape index (κ1) is 31.7. The second-order valence-corrected chi connectivity index (χ2v) is 12.1. The van der Waals surface area contributed by atoms with Gasteiger partial charge in [-0.15, -0.1) is 0 Å². The third-order valence-corrected chi connectivity index (χ3v) is 7.81. The summed E-state index contributed by atoms with van der Waals surface area (Å²) in [6.45, 7) is 8.32. The third-order valence-electron chi connectivity index (χ3n) is 7.81. The van der Waals surface area contributed by atoms with Gasteiger partial charge in [0.05, 0.1) is 42.8 Å². The van der Waals surface area contributed by atoms with Crippen LogP contribution in [0.5, 0.6) is 11.5 Å². The number of carbonyl (C=O) groups is 2. The topological polar surface area (TPSA) is 94.9 Å². The lowest BCUT2D eigenvalue weighted by Gasteiger charge is -2.32. The van der Waals surface area contributed by atoms with Crippen molar-refractivity contribution in [3.63, 3.8) is 0 Å². The molecule has 0 aliphatic carbocycles. The number of carbonyl (C=O) groups excluding carboxylic acids is 2. The normalized spacial score (nSPS) is 14.2. The van der Waals surface area contributed by atoms with E-state index in [4.69, 9.17) is 14.2 Å². The van der Waals surface area contributed by atoms with Gasteiger partial charge in [0, 0.05) is 36.4 Å². The molecule has 3 aromatic carbocycles. The van der Waals surface area contributed by atoms with Gasteiger partial charge in [0.15, 0.2) is 0 Å². The maximum Gasteiger partial charge on any atom is 0.337 e. The monoisotopic (exact) mass is 614 g/mol. The van der Waals surface area contributed by atoms with Crippen LogP contribution < -0.4 is 14.8 Å². The van der Waals surface area contributed by atoms with Gasteiger partial charge in [0.2, 0.25) is 0 Å². The van der Waals surface area contributed by atoms with E-state index in [2.05, 4.69) is 15.3 Å². The van der Waals surface area contributed by atoms with Crippen LogP contribution in [-0.2, 0) is 16.8 Å². The lowest BCUT2D eigenvalue weighted by atomic mass is 10.0. The maximum absolute atomic E-state index is 13.7. The molecule has 4 aromatic rings. The van der Waals surface area contributed by atoms with Crippen molar-refractivity contribution < 1.29 is 28.2 Å². The van der Waals surface area contributed by atoms with Crippen molar-refractivity contribution in [1.82, 2.24) is 14.7 Å². The Kier molecular flexibility index (Phi) is 9.53. The summed E-state index contributed by atoms with van der Waals surface area (Å²) in [6, 6.07) is 18.7. The Balaban J connectivity index is 1.25. The Morgan fingerprint density at radius 3 is 2.29 bits per heavy atom. The highest BCUT2D eigenvalue weighted by molar-refractivity contribution is 6.08. The van der Waals surface area contributed by atoms with Gasteiger partial charge in [-0.2, -0.15) is 5.10 Å². The van der Waals surface area contributed by atoms with Gasteiger partial charge in [-0.25, -0.2) is 9.18 Å². The van der Waals surface area contributed by atoms with Crippen LogP contribution in [-0.4, -0.2) is 60.0 Å². The number of esters is 1. The number of anilines is 1. The van der Waals surface area contributed by atoms with Gasteiger partial charge in [0.1, 0.15) is 23.4 Å². The van der Waals surface area contributed by atoms with Crippen molar-refractivity contribution in [2.24, 2.45) is 0 Å². The molecule has 1 fully saturated rings. The van der Waals surface area contributed by atoms with Crippen molar-refractivity contribution in [2.45, 2.75) is 51.8 Å². The predicted molar refractivity (Wildman–Crippen MR) is 170 cm³/mol. The minimum atomic E-state index is -0.400. The van der Waals surface area contributed by atoms with Crippen LogP contribution in [0.4, 0.5) is 10.1 Å². The van der Waals surface area contributed by atoms with E-state index in [1.807, 2.05) is 39.0 Å². The quantitative estimate of drug-likeness (QED) is 0.214. The number of halogens is 1. The molecule has 9 nitrogen and oxygen atoms in total. The molecule has 1 N–H and O–H groups in total. The number of aromatic nitrogens is 2. The summed E-state index contributed by atoms with van der Waals surface area (Å²) >= 11 is 0. The number of benzene rings is 3. The SMILES string of the molecule is COC(=O)c1ccc(OC2CCN(Cc3cc(NC(=O)c4cnn(C(C)(C)C)c4-c4ccc(F)cc4)ccc3OC)CC2)cc1. The zero-order valence-electron chi connectivity index (χ0n) is 26.3. The number of hydrogen-bond acceptors (Lipinski definition) is 7. The van der Waals surface area contributed by atoms with E-state index in [1.54, 1.807) is 54.4 Å². The average molecular weight is 615 g/mol. The number of nitrogens with zero attached hydrogens (tertiary/aromatic N) is 3. The fourth-order valence-corrected chi connectivity index (χ4v) is 5.49. The van der Waals surface area contributed by atoms with Crippen LogP contribution >= 0.6 is 0 Å². The number of likely N-dealkylation sites (tertiary alicyclic amines) is 1. The molecule has 0 saturated carbocycles. The summed E-state index contributed by atoms with van der Waals surface area (Å²) in [6.07, 6.45) is 3.33. The zero-order valence-corrected chi connectivity index (χ0v) is 26.3. The van der Waals surface area contributed by atoms with Gasteiger partial charge < -0.3 is 19.5 Å². The molecule has 1 saturated heterocycles. The summed E-state index contributed by atoms with van der Waals surface area (Å²) in [5.74, 6) is 0.436. The molecule has 0 unspecified atom stereocenters. The number of piperidine rings is 1. The zero-order chi connectivity index (χ0) is 32.1. The number of methoxy groups -OCH3 is 2. The van der Waals surface area contributed by atoms with Gasteiger partial charge in [-0.1, -0.05) is 0 Å². The second-order valence-electron chi connectivity index (χ2n) is 12.1. The molecule has 2 heterocycles. The highest BCUT2D eigenvalue weighted by Crippen LogP contribution is 2.31.